The van der Waals surface area contributed by atoms with Gasteiger partial charge in [0, 0.05) is 19.7 Å². The summed E-state index contributed by atoms with van der Waals surface area (Å²) < 4.78 is 5.12. The second-order valence-electron chi connectivity index (χ2n) is 5.70. The van der Waals surface area contributed by atoms with Gasteiger partial charge in [0.25, 0.3) is 0 Å². The molecule has 0 aliphatic rings. The van der Waals surface area contributed by atoms with Gasteiger partial charge in [-0.05, 0) is 16.7 Å². The molecule has 0 saturated carbocycles. The number of hydrogen-bond donors (Lipinski definition) is 2. The molecular weight excluding hydrogens is 288 g/mol. The number of nitrogens with two attached hydrogens (primary N) is 1. The minimum atomic E-state index is -0.309. The highest BCUT2D eigenvalue weighted by molar-refractivity contribution is 5.79. The fraction of sp³-hybridized carbons (Fsp3) is 0.316. The Kier molecular flexibility index (Phi) is 6.32. The zero-order valence-electron chi connectivity index (χ0n) is 13.7. The number of ether oxygens (including phenoxy) is 1. The van der Waals surface area contributed by atoms with E-state index in [9.17, 15) is 4.79 Å². The molecule has 2 aromatic rings. The normalized spacial score (nSPS) is 13.3. The maximum atomic E-state index is 12.3. The SMILES string of the molecule is COCc1cccc(CNC(=O)C(C)C(N)c2ccccc2)c1. The Hall–Kier alpha value is -2.17. The summed E-state index contributed by atoms with van der Waals surface area (Å²) in [5, 5.41) is 2.96. The summed E-state index contributed by atoms with van der Waals surface area (Å²) in [4.78, 5) is 12.3. The van der Waals surface area contributed by atoms with Gasteiger partial charge < -0.3 is 15.8 Å². The van der Waals surface area contributed by atoms with Crippen LogP contribution in [0.5, 0.6) is 0 Å². The summed E-state index contributed by atoms with van der Waals surface area (Å²) in [6.07, 6.45) is 0. The fourth-order valence-corrected chi connectivity index (χ4v) is 2.47. The molecule has 0 spiro atoms. The molecule has 0 aromatic heterocycles. The number of amides is 1. The third-order valence-electron chi connectivity index (χ3n) is 3.91. The number of carbonyl (C=O) groups is 1. The van der Waals surface area contributed by atoms with Crippen molar-refractivity contribution in [1.29, 1.82) is 0 Å². The molecule has 0 fully saturated rings. The summed E-state index contributed by atoms with van der Waals surface area (Å²) in [5.74, 6) is -0.335. The van der Waals surface area contributed by atoms with E-state index in [1.54, 1.807) is 7.11 Å². The number of rotatable bonds is 7. The first-order valence-electron chi connectivity index (χ1n) is 7.77. The van der Waals surface area contributed by atoms with Crippen LogP contribution in [0.4, 0.5) is 0 Å². The van der Waals surface area contributed by atoms with Gasteiger partial charge in [0.1, 0.15) is 0 Å². The van der Waals surface area contributed by atoms with Gasteiger partial charge in [-0.1, -0.05) is 61.5 Å². The van der Waals surface area contributed by atoms with E-state index in [1.165, 1.54) is 0 Å². The lowest BCUT2D eigenvalue weighted by atomic mass is 9.94. The van der Waals surface area contributed by atoms with Gasteiger partial charge in [-0.3, -0.25) is 4.79 Å². The molecule has 2 atom stereocenters. The van der Waals surface area contributed by atoms with Gasteiger partial charge in [-0.25, -0.2) is 0 Å². The molecule has 122 valence electrons. The lowest BCUT2D eigenvalue weighted by Gasteiger charge is -2.20. The molecule has 0 saturated heterocycles. The molecule has 4 heteroatoms. The predicted octanol–water partition coefficient (Wildman–Crippen LogP) is 2.79. The van der Waals surface area contributed by atoms with Crippen molar-refractivity contribution in [1.82, 2.24) is 5.32 Å². The summed E-state index contributed by atoms with van der Waals surface area (Å²) in [6.45, 7) is 2.91. The molecule has 0 heterocycles. The Bertz CT molecular complexity index is 628. The van der Waals surface area contributed by atoms with Crippen LogP contribution in [0.15, 0.2) is 54.6 Å². The zero-order chi connectivity index (χ0) is 16.7. The topological polar surface area (TPSA) is 64.3 Å². The molecule has 0 radical (unpaired) electrons. The molecule has 0 aliphatic heterocycles. The smallest absolute Gasteiger partial charge is 0.225 e. The quantitative estimate of drug-likeness (QED) is 0.826. The van der Waals surface area contributed by atoms with E-state index in [-0.39, 0.29) is 17.9 Å². The van der Waals surface area contributed by atoms with Gasteiger partial charge in [0.05, 0.1) is 12.5 Å². The highest BCUT2D eigenvalue weighted by Crippen LogP contribution is 2.19. The van der Waals surface area contributed by atoms with Crippen molar-refractivity contribution in [3.8, 4) is 0 Å². The average molecular weight is 312 g/mol. The Labute approximate surface area is 137 Å². The van der Waals surface area contributed by atoms with Crippen LogP contribution in [0.25, 0.3) is 0 Å². The van der Waals surface area contributed by atoms with E-state index in [0.717, 1.165) is 16.7 Å². The second kappa shape index (κ2) is 8.46. The fourth-order valence-electron chi connectivity index (χ4n) is 2.47. The standard InChI is InChI=1S/C19H24N2O2/c1-14(18(20)17-9-4-3-5-10-17)19(22)21-12-15-7-6-8-16(11-15)13-23-2/h3-11,14,18H,12-13,20H2,1-2H3,(H,21,22). The van der Waals surface area contributed by atoms with Gasteiger partial charge in [0.15, 0.2) is 0 Å². The molecule has 0 aliphatic carbocycles. The number of nitrogens with one attached hydrogen (secondary N) is 1. The van der Waals surface area contributed by atoms with Gasteiger partial charge in [0.2, 0.25) is 5.91 Å². The van der Waals surface area contributed by atoms with E-state index in [0.29, 0.717) is 13.2 Å². The monoisotopic (exact) mass is 312 g/mol. The molecular formula is C19H24N2O2. The van der Waals surface area contributed by atoms with Gasteiger partial charge >= 0.3 is 0 Å². The first-order valence-corrected chi connectivity index (χ1v) is 7.77. The summed E-state index contributed by atoms with van der Waals surface area (Å²) in [6, 6.07) is 17.4. The molecule has 3 N–H and O–H groups in total. The predicted molar refractivity (Wildman–Crippen MR) is 91.5 cm³/mol. The van der Waals surface area contributed by atoms with Gasteiger partial charge in [-0.2, -0.15) is 0 Å². The summed E-state index contributed by atoms with van der Waals surface area (Å²) >= 11 is 0. The van der Waals surface area contributed by atoms with Crippen LogP contribution < -0.4 is 11.1 Å². The highest BCUT2D eigenvalue weighted by Gasteiger charge is 2.21. The minimum Gasteiger partial charge on any atom is -0.380 e. The van der Waals surface area contributed by atoms with Crippen molar-refractivity contribution in [2.45, 2.75) is 26.1 Å². The van der Waals surface area contributed by atoms with E-state index in [2.05, 4.69) is 5.32 Å². The van der Waals surface area contributed by atoms with Crippen molar-refractivity contribution in [3.63, 3.8) is 0 Å². The van der Waals surface area contributed by atoms with Crippen molar-refractivity contribution in [3.05, 3.63) is 71.3 Å². The lowest BCUT2D eigenvalue weighted by Crippen LogP contribution is -2.35. The van der Waals surface area contributed by atoms with Crippen molar-refractivity contribution >= 4 is 5.91 Å². The molecule has 23 heavy (non-hydrogen) atoms. The molecule has 0 bridgehead atoms. The van der Waals surface area contributed by atoms with E-state index in [4.69, 9.17) is 10.5 Å². The summed E-state index contributed by atoms with van der Waals surface area (Å²) in [5.41, 5.74) is 9.30. The Morgan fingerprint density at radius 3 is 2.52 bits per heavy atom. The van der Waals surface area contributed by atoms with Crippen LogP contribution >= 0.6 is 0 Å². The molecule has 2 rings (SSSR count). The Balaban J connectivity index is 1.92. The maximum absolute atomic E-state index is 12.3. The lowest BCUT2D eigenvalue weighted by molar-refractivity contribution is -0.125. The molecule has 4 nitrogen and oxygen atoms in total. The number of benzene rings is 2. The van der Waals surface area contributed by atoms with E-state index < -0.39 is 0 Å². The Morgan fingerprint density at radius 1 is 1.13 bits per heavy atom. The van der Waals surface area contributed by atoms with Crippen LogP contribution in [0.1, 0.15) is 29.7 Å². The largest absolute Gasteiger partial charge is 0.380 e. The highest BCUT2D eigenvalue weighted by atomic mass is 16.5. The molecule has 2 unspecified atom stereocenters. The number of hydrogen-bond acceptors (Lipinski definition) is 3. The third-order valence-corrected chi connectivity index (χ3v) is 3.91. The third kappa shape index (κ3) is 4.91. The van der Waals surface area contributed by atoms with Crippen molar-refractivity contribution in [2.24, 2.45) is 11.7 Å². The van der Waals surface area contributed by atoms with Gasteiger partial charge in [-0.15, -0.1) is 0 Å². The van der Waals surface area contributed by atoms with Crippen molar-refractivity contribution < 1.29 is 9.53 Å². The second-order valence-corrected chi connectivity index (χ2v) is 5.70. The first kappa shape index (κ1) is 17.2. The average Bonchev–Trinajstić information content (AvgIpc) is 2.60. The van der Waals surface area contributed by atoms with E-state index >= 15 is 0 Å². The number of carbonyl (C=O) groups excluding carboxylic acids is 1. The van der Waals surface area contributed by atoms with Crippen LogP contribution in [0, 0.1) is 5.92 Å². The van der Waals surface area contributed by atoms with Crippen molar-refractivity contribution in [2.75, 3.05) is 7.11 Å². The maximum Gasteiger partial charge on any atom is 0.225 e. The van der Waals surface area contributed by atoms with Crippen LogP contribution in [0.3, 0.4) is 0 Å². The van der Waals surface area contributed by atoms with Crippen LogP contribution in [0.2, 0.25) is 0 Å². The minimum absolute atomic E-state index is 0.0431. The van der Waals surface area contributed by atoms with Crippen LogP contribution in [-0.2, 0) is 22.7 Å². The first-order chi connectivity index (χ1) is 11.1. The molecule has 2 aromatic carbocycles. The number of methoxy groups -OCH3 is 1. The van der Waals surface area contributed by atoms with Crippen LogP contribution in [-0.4, -0.2) is 13.0 Å². The molecule has 1 amide bonds. The zero-order valence-corrected chi connectivity index (χ0v) is 13.7. The Morgan fingerprint density at radius 2 is 1.83 bits per heavy atom. The summed E-state index contributed by atoms with van der Waals surface area (Å²) in [7, 11) is 1.67. The van der Waals surface area contributed by atoms with E-state index in [1.807, 2.05) is 61.5 Å².